The van der Waals surface area contributed by atoms with E-state index < -0.39 is 0 Å². The van der Waals surface area contributed by atoms with E-state index >= 15 is 0 Å². The van der Waals surface area contributed by atoms with Crippen molar-refractivity contribution >= 4 is 22.4 Å². The molecule has 0 saturated carbocycles. The van der Waals surface area contributed by atoms with E-state index in [2.05, 4.69) is 34.3 Å². The molecule has 1 aromatic heterocycles. The largest absolute Gasteiger partial charge is 0.329 e. The van der Waals surface area contributed by atoms with E-state index in [0.29, 0.717) is 24.8 Å². The highest BCUT2D eigenvalue weighted by molar-refractivity contribution is 7.15. The molecule has 5 nitrogen and oxygen atoms in total. The van der Waals surface area contributed by atoms with Crippen molar-refractivity contribution < 1.29 is 4.79 Å². The maximum Gasteiger partial charge on any atom is 0.240 e. The fourth-order valence-electron chi connectivity index (χ4n) is 2.56. The summed E-state index contributed by atoms with van der Waals surface area (Å²) < 4.78 is 0. The van der Waals surface area contributed by atoms with Crippen LogP contribution in [0, 0.1) is 6.92 Å². The number of amides is 1. The van der Waals surface area contributed by atoms with Crippen LogP contribution in [0.3, 0.4) is 0 Å². The maximum atomic E-state index is 12.3. The number of carbonyl (C=O) groups is 1. The first-order chi connectivity index (χ1) is 11.6. The zero-order valence-electron chi connectivity index (χ0n) is 14.4. The molecular weight excluding hydrogens is 320 g/mol. The molecule has 0 aliphatic heterocycles. The Hall–Kier alpha value is -1.76. The Morgan fingerprint density at radius 1 is 1.29 bits per heavy atom. The van der Waals surface area contributed by atoms with Crippen molar-refractivity contribution in [1.29, 1.82) is 0 Å². The van der Waals surface area contributed by atoms with Crippen molar-refractivity contribution in [2.45, 2.75) is 26.7 Å². The molecular formula is C18H26N4OS. The van der Waals surface area contributed by atoms with Crippen LogP contribution in [0.4, 0.5) is 5.13 Å². The van der Waals surface area contributed by atoms with Gasteiger partial charge in [0.25, 0.3) is 0 Å². The molecule has 0 atom stereocenters. The number of thiazole rings is 1. The first kappa shape index (κ1) is 18.6. The number of benzene rings is 1. The SMILES string of the molecule is CCc1nc(NC(=O)CN(CCN)CCc2ccccc2)sc1C. The summed E-state index contributed by atoms with van der Waals surface area (Å²) >= 11 is 1.53. The molecule has 0 bridgehead atoms. The summed E-state index contributed by atoms with van der Waals surface area (Å²) in [5.74, 6) is -0.0343. The van der Waals surface area contributed by atoms with E-state index in [1.54, 1.807) is 0 Å². The standard InChI is InChI=1S/C18H26N4OS/c1-3-16-14(2)24-18(20-16)21-17(23)13-22(12-10-19)11-9-15-7-5-4-6-8-15/h4-8H,3,9-13,19H2,1-2H3,(H,20,21,23). The number of carbonyl (C=O) groups excluding carboxylic acids is 1. The second-order valence-corrected chi connectivity index (χ2v) is 6.93. The molecule has 2 rings (SSSR count). The molecule has 0 unspecified atom stereocenters. The van der Waals surface area contributed by atoms with Gasteiger partial charge in [0.15, 0.2) is 5.13 Å². The number of nitrogens with one attached hydrogen (secondary N) is 1. The molecule has 0 fully saturated rings. The highest BCUT2D eigenvalue weighted by atomic mass is 32.1. The van der Waals surface area contributed by atoms with Crippen molar-refractivity contribution in [3.8, 4) is 0 Å². The number of rotatable bonds is 9. The molecule has 0 saturated heterocycles. The first-order valence-electron chi connectivity index (χ1n) is 8.34. The van der Waals surface area contributed by atoms with Gasteiger partial charge in [0.1, 0.15) is 0 Å². The lowest BCUT2D eigenvalue weighted by atomic mass is 10.1. The van der Waals surface area contributed by atoms with Gasteiger partial charge < -0.3 is 11.1 Å². The van der Waals surface area contributed by atoms with Crippen LogP contribution in [0.1, 0.15) is 23.1 Å². The Morgan fingerprint density at radius 2 is 2.04 bits per heavy atom. The molecule has 0 spiro atoms. The predicted molar refractivity (Wildman–Crippen MR) is 100 cm³/mol. The molecule has 0 radical (unpaired) electrons. The number of nitrogens with zero attached hydrogens (tertiary/aromatic N) is 2. The molecule has 1 amide bonds. The van der Waals surface area contributed by atoms with Gasteiger partial charge in [0, 0.05) is 24.5 Å². The lowest BCUT2D eigenvalue weighted by molar-refractivity contribution is -0.117. The molecule has 1 heterocycles. The molecule has 1 aromatic carbocycles. The minimum atomic E-state index is -0.0343. The highest BCUT2D eigenvalue weighted by Gasteiger charge is 2.13. The van der Waals surface area contributed by atoms with Gasteiger partial charge in [0.2, 0.25) is 5.91 Å². The Morgan fingerprint density at radius 3 is 2.67 bits per heavy atom. The zero-order chi connectivity index (χ0) is 17.4. The minimum Gasteiger partial charge on any atom is -0.329 e. The fourth-order valence-corrected chi connectivity index (χ4v) is 3.47. The van der Waals surface area contributed by atoms with Gasteiger partial charge in [-0.1, -0.05) is 37.3 Å². The molecule has 24 heavy (non-hydrogen) atoms. The molecule has 2 aromatic rings. The summed E-state index contributed by atoms with van der Waals surface area (Å²) in [7, 11) is 0. The Kier molecular flexibility index (Phi) is 7.36. The minimum absolute atomic E-state index is 0.0343. The molecule has 3 N–H and O–H groups in total. The summed E-state index contributed by atoms with van der Waals surface area (Å²) in [5.41, 5.74) is 8.00. The number of anilines is 1. The number of hydrogen-bond donors (Lipinski definition) is 2. The molecule has 0 aliphatic carbocycles. The van der Waals surface area contributed by atoms with E-state index in [1.807, 2.05) is 25.1 Å². The molecule has 130 valence electrons. The first-order valence-corrected chi connectivity index (χ1v) is 9.16. The van der Waals surface area contributed by atoms with E-state index in [9.17, 15) is 4.79 Å². The third-order valence-corrected chi connectivity index (χ3v) is 4.77. The van der Waals surface area contributed by atoms with Gasteiger partial charge in [-0.3, -0.25) is 9.69 Å². The number of aromatic nitrogens is 1. The van der Waals surface area contributed by atoms with Crippen LogP contribution in [0.2, 0.25) is 0 Å². The van der Waals surface area contributed by atoms with Gasteiger partial charge in [-0.15, -0.1) is 11.3 Å². The van der Waals surface area contributed by atoms with Crippen LogP contribution in [0.5, 0.6) is 0 Å². The Bertz CT molecular complexity index is 642. The van der Waals surface area contributed by atoms with Crippen LogP contribution < -0.4 is 11.1 Å². The number of nitrogens with two attached hydrogens (primary N) is 1. The van der Waals surface area contributed by atoms with Crippen LogP contribution >= 0.6 is 11.3 Å². The van der Waals surface area contributed by atoms with E-state index in [1.165, 1.54) is 16.9 Å². The highest BCUT2D eigenvalue weighted by Crippen LogP contribution is 2.22. The van der Waals surface area contributed by atoms with Gasteiger partial charge in [-0.2, -0.15) is 0 Å². The predicted octanol–water partition coefficient (Wildman–Crippen LogP) is 2.46. The van der Waals surface area contributed by atoms with Gasteiger partial charge >= 0.3 is 0 Å². The number of hydrogen-bond acceptors (Lipinski definition) is 5. The summed E-state index contributed by atoms with van der Waals surface area (Å²) in [6.07, 6.45) is 1.79. The van der Waals surface area contributed by atoms with Crippen molar-refractivity contribution in [2.24, 2.45) is 5.73 Å². The summed E-state index contributed by atoms with van der Waals surface area (Å²) in [6, 6.07) is 10.3. The van der Waals surface area contributed by atoms with Gasteiger partial charge in [0.05, 0.1) is 12.2 Å². The quantitative estimate of drug-likeness (QED) is 0.732. The molecule has 0 aliphatic rings. The summed E-state index contributed by atoms with van der Waals surface area (Å²) in [4.78, 5) is 20.0. The topological polar surface area (TPSA) is 71.2 Å². The third kappa shape index (κ3) is 5.70. The monoisotopic (exact) mass is 346 g/mol. The Labute approximate surface area is 147 Å². The van der Waals surface area contributed by atoms with Gasteiger partial charge in [-0.05, 0) is 25.3 Å². The normalized spacial score (nSPS) is 11.0. The van der Waals surface area contributed by atoms with Crippen LogP contribution in [-0.2, 0) is 17.6 Å². The summed E-state index contributed by atoms with van der Waals surface area (Å²) in [6.45, 7) is 6.50. The van der Waals surface area contributed by atoms with Gasteiger partial charge in [-0.25, -0.2) is 4.98 Å². The van der Waals surface area contributed by atoms with Crippen molar-refractivity contribution in [3.05, 3.63) is 46.5 Å². The molecule has 6 heteroatoms. The van der Waals surface area contributed by atoms with Crippen LogP contribution in [-0.4, -0.2) is 42.0 Å². The van der Waals surface area contributed by atoms with E-state index in [0.717, 1.165) is 30.0 Å². The maximum absolute atomic E-state index is 12.3. The van der Waals surface area contributed by atoms with Crippen LogP contribution in [0.25, 0.3) is 0 Å². The van der Waals surface area contributed by atoms with Crippen molar-refractivity contribution in [3.63, 3.8) is 0 Å². The fraction of sp³-hybridized carbons (Fsp3) is 0.444. The lowest BCUT2D eigenvalue weighted by Gasteiger charge is -2.20. The van der Waals surface area contributed by atoms with Crippen molar-refractivity contribution in [2.75, 3.05) is 31.5 Å². The van der Waals surface area contributed by atoms with Crippen molar-refractivity contribution in [1.82, 2.24) is 9.88 Å². The second-order valence-electron chi connectivity index (χ2n) is 5.72. The zero-order valence-corrected chi connectivity index (χ0v) is 15.2. The average Bonchev–Trinajstić information content (AvgIpc) is 2.93. The average molecular weight is 346 g/mol. The number of aryl methyl sites for hydroxylation is 2. The van der Waals surface area contributed by atoms with Crippen LogP contribution in [0.15, 0.2) is 30.3 Å². The Balaban J connectivity index is 1.87. The lowest BCUT2D eigenvalue weighted by Crippen LogP contribution is -2.37. The second kappa shape index (κ2) is 9.52. The summed E-state index contributed by atoms with van der Waals surface area (Å²) in [5, 5.41) is 3.60. The van der Waals surface area contributed by atoms with E-state index in [-0.39, 0.29) is 5.91 Å². The van der Waals surface area contributed by atoms with E-state index in [4.69, 9.17) is 5.73 Å². The third-order valence-electron chi connectivity index (χ3n) is 3.85. The smallest absolute Gasteiger partial charge is 0.240 e.